The molecule has 2 rings (SSSR count). The molecule has 1 N–H and O–H groups in total. The van der Waals surface area contributed by atoms with E-state index in [1.54, 1.807) is 0 Å². The van der Waals surface area contributed by atoms with Crippen molar-refractivity contribution in [2.45, 2.75) is 44.7 Å². The average molecular weight is 225 g/mol. The zero-order chi connectivity index (χ0) is 11.8. The van der Waals surface area contributed by atoms with Gasteiger partial charge in [-0.3, -0.25) is 9.80 Å². The molecule has 3 heteroatoms. The molecule has 1 atom stereocenters. The molecule has 0 saturated carbocycles. The van der Waals surface area contributed by atoms with Crippen LogP contribution in [0.5, 0.6) is 0 Å². The number of rotatable bonds is 2. The largest absolute Gasteiger partial charge is 0.310 e. The van der Waals surface area contributed by atoms with Gasteiger partial charge in [-0.15, -0.1) is 0 Å². The van der Waals surface area contributed by atoms with Gasteiger partial charge in [0.15, 0.2) is 0 Å². The number of hydrogen-bond donors (Lipinski definition) is 1. The lowest BCUT2D eigenvalue weighted by Gasteiger charge is -2.47. The van der Waals surface area contributed by atoms with Crippen molar-refractivity contribution in [3.05, 3.63) is 0 Å². The van der Waals surface area contributed by atoms with Crippen LogP contribution in [0.1, 0.15) is 33.6 Å². The fraction of sp³-hybridized carbons (Fsp3) is 1.00. The summed E-state index contributed by atoms with van der Waals surface area (Å²) in [4.78, 5) is 5.12. The molecule has 2 aliphatic rings. The Morgan fingerprint density at radius 2 is 1.94 bits per heavy atom. The molecule has 0 amide bonds. The molecule has 0 aliphatic carbocycles. The molecule has 94 valence electrons. The van der Waals surface area contributed by atoms with Crippen LogP contribution in [-0.4, -0.2) is 60.6 Å². The van der Waals surface area contributed by atoms with Crippen LogP contribution in [0, 0.1) is 0 Å². The predicted molar refractivity (Wildman–Crippen MR) is 68.8 cm³/mol. The normalized spacial score (nSPS) is 36.8. The smallest absolute Gasteiger partial charge is 0.0280 e. The van der Waals surface area contributed by atoms with Crippen LogP contribution in [0.2, 0.25) is 0 Å². The van der Waals surface area contributed by atoms with Crippen molar-refractivity contribution in [3.63, 3.8) is 0 Å². The monoisotopic (exact) mass is 225 g/mol. The summed E-state index contributed by atoms with van der Waals surface area (Å²) in [6.07, 6.45) is 2.67. The fourth-order valence-electron chi connectivity index (χ4n) is 3.06. The topological polar surface area (TPSA) is 18.5 Å². The minimum atomic E-state index is 0.327. The van der Waals surface area contributed by atoms with Crippen molar-refractivity contribution >= 4 is 0 Å². The van der Waals surface area contributed by atoms with Gasteiger partial charge in [-0.25, -0.2) is 0 Å². The SMILES string of the molecule is CN1CCN(CC2(C)CCCN2)CC1(C)C. The zero-order valence-corrected chi connectivity index (χ0v) is 11.3. The molecule has 2 heterocycles. The van der Waals surface area contributed by atoms with Gasteiger partial charge in [0, 0.05) is 37.3 Å². The Bertz CT molecular complexity index is 244. The Hall–Kier alpha value is -0.120. The first-order valence-corrected chi connectivity index (χ1v) is 6.60. The minimum absolute atomic E-state index is 0.327. The zero-order valence-electron chi connectivity index (χ0n) is 11.3. The Morgan fingerprint density at radius 3 is 2.50 bits per heavy atom. The van der Waals surface area contributed by atoms with E-state index in [9.17, 15) is 0 Å². The summed E-state index contributed by atoms with van der Waals surface area (Å²) in [6, 6.07) is 0. The summed E-state index contributed by atoms with van der Waals surface area (Å²) in [5.74, 6) is 0. The molecule has 16 heavy (non-hydrogen) atoms. The summed E-state index contributed by atoms with van der Waals surface area (Å²) in [5, 5.41) is 3.66. The first-order chi connectivity index (χ1) is 7.41. The first kappa shape index (κ1) is 12.3. The predicted octanol–water partition coefficient (Wildman–Crippen LogP) is 1.15. The molecule has 0 spiro atoms. The highest BCUT2D eigenvalue weighted by atomic mass is 15.3. The molecule has 2 saturated heterocycles. The maximum atomic E-state index is 3.66. The van der Waals surface area contributed by atoms with Crippen LogP contribution in [0.25, 0.3) is 0 Å². The van der Waals surface area contributed by atoms with E-state index >= 15 is 0 Å². The van der Waals surface area contributed by atoms with E-state index in [4.69, 9.17) is 0 Å². The van der Waals surface area contributed by atoms with Crippen molar-refractivity contribution < 1.29 is 0 Å². The maximum absolute atomic E-state index is 3.66. The van der Waals surface area contributed by atoms with E-state index in [1.165, 1.54) is 45.6 Å². The number of hydrogen-bond acceptors (Lipinski definition) is 3. The maximum Gasteiger partial charge on any atom is 0.0280 e. The van der Waals surface area contributed by atoms with Gasteiger partial charge in [0.1, 0.15) is 0 Å². The highest BCUT2D eigenvalue weighted by Crippen LogP contribution is 2.24. The lowest BCUT2D eigenvalue weighted by molar-refractivity contribution is 0.0281. The summed E-state index contributed by atoms with van der Waals surface area (Å²) in [6.45, 7) is 13.1. The quantitative estimate of drug-likeness (QED) is 0.761. The molecule has 0 aromatic rings. The van der Waals surface area contributed by atoms with Gasteiger partial charge < -0.3 is 5.32 Å². The second-order valence-corrected chi connectivity index (χ2v) is 6.54. The first-order valence-electron chi connectivity index (χ1n) is 6.60. The molecule has 0 bridgehead atoms. The third kappa shape index (κ3) is 2.58. The van der Waals surface area contributed by atoms with Crippen molar-refractivity contribution in [3.8, 4) is 0 Å². The van der Waals surface area contributed by atoms with Crippen LogP contribution in [-0.2, 0) is 0 Å². The van der Waals surface area contributed by atoms with Gasteiger partial charge in [-0.1, -0.05) is 0 Å². The van der Waals surface area contributed by atoms with E-state index in [2.05, 4.69) is 42.9 Å². The van der Waals surface area contributed by atoms with E-state index in [0.717, 1.165) is 0 Å². The summed E-state index contributed by atoms with van der Waals surface area (Å²) < 4.78 is 0. The van der Waals surface area contributed by atoms with E-state index < -0.39 is 0 Å². The van der Waals surface area contributed by atoms with Gasteiger partial charge in [-0.2, -0.15) is 0 Å². The lowest BCUT2D eigenvalue weighted by atomic mass is 9.95. The van der Waals surface area contributed by atoms with Crippen LogP contribution in [0.3, 0.4) is 0 Å². The summed E-state index contributed by atoms with van der Waals surface area (Å²) in [5.41, 5.74) is 0.694. The molecular formula is C13H27N3. The standard InChI is InChI=1S/C13H27N3/c1-12(2)10-16(9-8-15(12)4)11-13(3)6-5-7-14-13/h14H,5-11H2,1-4H3. The van der Waals surface area contributed by atoms with Crippen LogP contribution >= 0.6 is 0 Å². The molecule has 2 aliphatic heterocycles. The van der Waals surface area contributed by atoms with Crippen molar-refractivity contribution in [2.75, 3.05) is 39.8 Å². The molecule has 2 fully saturated rings. The van der Waals surface area contributed by atoms with Gasteiger partial charge >= 0.3 is 0 Å². The third-order valence-corrected chi connectivity index (χ3v) is 4.43. The number of piperazine rings is 1. The van der Waals surface area contributed by atoms with Gasteiger partial charge in [-0.05, 0) is 47.2 Å². The Morgan fingerprint density at radius 1 is 1.19 bits per heavy atom. The second kappa shape index (κ2) is 4.28. The third-order valence-electron chi connectivity index (χ3n) is 4.43. The van der Waals surface area contributed by atoms with E-state index in [0.29, 0.717) is 11.1 Å². The fourth-order valence-corrected chi connectivity index (χ4v) is 3.06. The lowest BCUT2D eigenvalue weighted by Crippen LogP contribution is -2.60. The van der Waals surface area contributed by atoms with Gasteiger partial charge in [0.2, 0.25) is 0 Å². The van der Waals surface area contributed by atoms with Crippen LogP contribution in [0.15, 0.2) is 0 Å². The van der Waals surface area contributed by atoms with Crippen molar-refractivity contribution in [1.29, 1.82) is 0 Å². The molecular weight excluding hydrogens is 198 g/mol. The van der Waals surface area contributed by atoms with Crippen LogP contribution in [0.4, 0.5) is 0 Å². The molecule has 3 nitrogen and oxygen atoms in total. The number of likely N-dealkylation sites (N-methyl/N-ethyl adjacent to an activating group) is 1. The van der Waals surface area contributed by atoms with Crippen molar-refractivity contribution in [2.24, 2.45) is 0 Å². The highest BCUT2D eigenvalue weighted by molar-refractivity contribution is 4.95. The second-order valence-electron chi connectivity index (χ2n) is 6.54. The highest BCUT2D eigenvalue weighted by Gasteiger charge is 2.36. The van der Waals surface area contributed by atoms with E-state index in [1.807, 2.05) is 0 Å². The summed E-state index contributed by atoms with van der Waals surface area (Å²) >= 11 is 0. The Labute approximate surface area is 100 Å². The van der Waals surface area contributed by atoms with Crippen LogP contribution < -0.4 is 5.32 Å². The molecule has 1 unspecified atom stereocenters. The molecule has 0 aromatic carbocycles. The Balaban J connectivity index is 1.91. The van der Waals surface area contributed by atoms with Gasteiger partial charge in [0.25, 0.3) is 0 Å². The number of nitrogens with one attached hydrogen (secondary N) is 1. The summed E-state index contributed by atoms with van der Waals surface area (Å²) in [7, 11) is 2.24. The van der Waals surface area contributed by atoms with E-state index in [-0.39, 0.29) is 0 Å². The van der Waals surface area contributed by atoms with Gasteiger partial charge in [0.05, 0.1) is 0 Å². The van der Waals surface area contributed by atoms with Crippen molar-refractivity contribution in [1.82, 2.24) is 15.1 Å². The number of nitrogens with zero attached hydrogens (tertiary/aromatic N) is 2. The Kier molecular flexibility index (Phi) is 3.30. The molecule has 0 aromatic heterocycles. The minimum Gasteiger partial charge on any atom is -0.310 e. The molecule has 0 radical (unpaired) electrons. The average Bonchev–Trinajstić information content (AvgIpc) is 2.58.